The van der Waals surface area contributed by atoms with Gasteiger partial charge in [-0.15, -0.1) is 5.10 Å². The molecule has 2 aliphatic carbocycles. The van der Waals surface area contributed by atoms with E-state index < -0.39 is 0 Å². The monoisotopic (exact) mass is 240 g/mol. The van der Waals surface area contributed by atoms with Gasteiger partial charge in [0.15, 0.2) is 5.82 Å². The van der Waals surface area contributed by atoms with Gasteiger partial charge in [-0.3, -0.25) is 0 Å². The Balaban J connectivity index is 1.60. The molecule has 1 fully saturated rings. The molecule has 0 aliphatic heterocycles. The van der Waals surface area contributed by atoms with Crippen LogP contribution in [-0.4, -0.2) is 15.0 Å². The molecule has 1 aromatic heterocycles. The predicted octanol–water partition coefficient (Wildman–Crippen LogP) is 2.08. The number of nitrogens with zero attached hydrogens (tertiary/aromatic N) is 3. The zero-order valence-corrected chi connectivity index (χ0v) is 10.2. The number of aromatic nitrogens is 3. The van der Waals surface area contributed by atoms with E-state index in [1.54, 1.807) is 0 Å². The van der Waals surface area contributed by atoms with Crippen molar-refractivity contribution < 1.29 is 0 Å². The van der Waals surface area contributed by atoms with Crippen LogP contribution in [0.4, 0.5) is 5.82 Å². The molecule has 1 heterocycles. The predicted molar refractivity (Wildman–Crippen MR) is 69.3 cm³/mol. The van der Waals surface area contributed by atoms with E-state index in [-0.39, 0.29) is 0 Å². The van der Waals surface area contributed by atoms with Crippen molar-refractivity contribution in [1.82, 2.24) is 15.0 Å². The maximum absolute atomic E-state index is 5.92. The summed E-state index contributed by atoms with van der Waals surface area (Å²) < 4.78 is 2.04. The molecule has 1 unspecified atom stereocenters. The highest BCUT2D eigenvalue weighted by molar-refractivity contribution is 5.41. The van der Waals surface area contributed by atoms with Crippen LogP contribution in [0.3, 0.4) is 0 Å². The second kappa shape index (κ2) is 3.57. The van der Waals surface area contributed by atoms with Gasteiger partial charge in [-0.05, 0) is 30.4 Å². The number of rotatable bonds is 3. The van der Waals surface area contributed by atoms with Gasteiger partial charge in [0.05, 0.1) is 12.2 Å². The average molecular weight is 240 g/mol. The highest BCUT2D eigenvalue weighted by atomic mass is 15.4. The van der Waals surface area contributed by atoms with E-state index in [2.05, 4.69) is 34.6 Å². The van der Waals surface area contributed by atoms with Crippen LogP contribution in [0.5, 0.6) is 0 Å². The molecule has 0 radical (unpaired) electrons. The van der Waals surface area contributed by atoms with Crippen molar-refractivity contribution in [2.45, 2.75) is 37.6 Å². The first-order valence-electron chi connectivity index (χ1n) is 6.59. The van der Waals surface area contributed by atoms with E-state index in [1.165, 1.54) is 29.7 Å². The van der Waals surface area contributed by atoms with Crippen LogP contribution in [0.1, 0.15) is 41.5 Å². The highest BCUT2D eigenvalue weighted by Gasteiger charge is 2.33. The standard InChI is InChI=1S/C14H16N4/c15-14-13(9-5-6-9)18(17-16-14)8-11-7-10-3-1-2-4-12(10)11/h1-4,9,11H,5-8,15H2. The second-order valence-electron chi connectivity index (χ2n) is 5.42. The molecule has 18 heavy (non-hydrogen) atoms. The first kappa shape index (κ1) is 10.1. The lowest BCUT2D eigenvalue weighted by Crippen LogP contribution is -2.23. The molecule has 4 nitrogen and oxygen atoms in total. The lowest BCUT2D eigenvalue weighted by atomic mass is 9.77. The number of nitrogen functional groups attached to an aromatic ring is 1. The third-order valence-corrected chi connectivity index (χ3v) is 4.12. The lowest BCUT2D eigenvalue weighted by molar-refractivity contribution is 0.454. The Bertz CT molecular complexity index is 598. The minimum atomic E-state index is 0.583. The largest absolute Gasteiger partial charge is 0.381 e. The van der Waals surface area contributed by atoms with Crippen LogP contribution >= 0.6 is 0 Å². The Morgan fingerprint density at radius 3 is 2.89 bits per heavy atom. The average Bonchev–Trinajstić information content (AvgIpc) is 3.11. The smallest absolute Gasteiger partial charge is 0.169 e. The summed E-state index contributed by atoms with van der Waals surface area (Å²) in [4.78, 5) is 0. The fraction of sp³-hybridized carbons (Fsp3) is 0.429. The number of hydrogen-bond acceptors (Lipinski definition) is 3. The Labute approximate surface area is 106 Å². The quantitative estimate of drug-likeness (QED) is 0.893. The maximum Gasteiger partial charge on any atom is 0.169 e. The summed E-state index contributed by atoms with van der Waals surface area (Å²) in [5, 5.41) is 8.25. The van der Waals surface area contributed by atoms with Gasteiger partial charge < -0.3 is 5.73 Å². The summed E-state index contributed by atoms with van der Waals surface area (Å²) in [6.45, 7) is 0.924. The summed E-state index contributed by atoms with van der Waals surface area (Å²) in [5.41, 5.74) is 10.0. The van der Waals surface area contributed by atoms with Crippen LogP contribution in [0.2, 0.25) is 0 Å². The van der Waals surface area contributed by atoms with E-state index in [0.29, 0.717) is 17.7 Å². The Hall–Kier alpha value is -1.84. The Morgan fingerprint density at radius 1 is 1.28 bits per heavy atom. The van der Waals surface area contributed by atoms with Gasteiger partial charge in [-0.2, -0.15) is 0 Å². The minimum absolute atomic E-state index is 0.583. The summed E-state index contributed by atoms with van der Waals surface area (Å²) in [6.07, 6.45) is 3.62. The van der Waals surface area contributed by atoms with Crippen molar-refractivity contribution in [3.8, 4) is 0 Å². The molecule has 92 valence electrons. The molecule has 0 amide bonds. The zero-order chi connectivity index (χ0) is 12.1. The number of fused-ring (bicyclic) bond motifs is 1. The van der Waals surface area contributed by atoms with Crippen molar-refractivity contribution in [2.75, 3.05) is 5.73 Å². The molecule has 0 saturated heterocycles. The van der Waals surface area contributed by atoms with E-state index >= 15 is 0 Å². The zero-order valence-electron chi connectivity index (χ0n) is 10.2. The van der Waals surface area contributed by atoms with Gasteiger partial charge in [0.1, 0.15) is 0 Å². The molecule has 1 aromatic carbocycles. The molecule has 2 N–H and O–H groups in total. The molecule has 1 saturated carbocycles. The SMILES string of the molecule is Nc1nnn(CC2Cc3ccccc32)c1C1CC1. The first-order valence-corrected chi connectivity index (χ1v) is 6.59. The van der Waals surface area contributed by atoms with Crippen molar-refractivity contribution in [3.63, 3.8) is 0 Å². The number of nitrogens with two attached hydrogens (primary N) is 1. The summed E-state index contributed by atoms with van der Waals surface area (Å²) in [5.74, 6) is 1.82. The van der Waals surface area contributed by atoms with Crippen molar-refractivity contribution in [3.05, 3.63) is 41.1 Å². The summed E-state index contributed by atoms with van der Waals surface area (Å²) in [6, 6.07) is 8.66. The van der Waals surface area contributed by atoms with Crippen LogP contribution in [0, 0.1) is 0 Å². The molecule has 2 aromatic rings. The third kappa shape index (κ3) is 1.45. The Morgan fingerprint density at radius 2 is 2.11 bits per heavy atom. The molecule has 4 heteroatoms. The normalized spacial score (nSPS) is 21.4. The Kier molecular flexibility index (Phi) is 2.01. The lowest BCUT2D eigenvalue weighted by Gasteiger charge is -2.30. The van der Waals surface area contributed by atoms with E-state index in [0.717, 1.165) is 13.0 Å². The van der Waals surface area contributed by atoms with Crippen LogP contribution in [-0.2, 0) is 13.0 Å². The van der Waals surface area contributed by atoms with Crippen molar-refractivity contribution in [1.29, 1.82) is 0 Å². The van der Waals surface area contributed by atoms with Gasteiger partial charge in [-0.1, -0.05) is 29.5 Å². The first-order chi connectivity index (χ1) is 8.83. The molecule has 4 rings (SSSR count). The molecule has 1 atom stereocenters. The summed E-state index contributed by atoms with van der Waals surface area (Å²) >= 11 is 0. The highest BCUT2D eigenvalue weighted by Crippen LogP contribution is 2.43. The van der Waals surface area contributed by atoms with Crippen LogP contribution < -0.4 is 5.73 Å². The van der Waals surface area contributed by atoms with Crippen LogP contribution in [0.15, 0.2) is 24.3 Å². The number of benzene rings is 1. The van der Waals surface area contributed by atoms with Gasteiger partial charge >= 0.3 is 0 Å². The minimum Gasteiger partial charge on any atom is -0.381 e. The maximum atomic E-state index is 5.92. The van der Waals surface area contributed by atoms with Gasteiger partial charge in [0, 0.05) is 11.8 Å². The second-order valence-corrected chi connectivity index (χ2v) is 5.42. The molecule has 0 spiro atoms. The van der Waals surface area contributed by atoms with Gasteiger partial charge in [0.25, 0.3) is 0 Å². The van der Waals surface area contributed by atoms with Gasteiger partial charge in [-0.25, -0.2) is 4.68 Å². The number of hydrogen-bond donors (Lipinski definition) is 1. The summed E-state index contributed by atoms with van der Waals surface area (Å²) in [7, 11) is 0. The van der Waals surface area contributed by atoms with E-state index in [4.69, 9.17) is 5.73 Å². The third-order valence-electron chi connectivity index (χ3n) is 4.12. The molecule has 2 aliphatic rings. The molecular weight excluding hydrogens is 224 g/mol. The van der Waals surface area contributed by atoms with Crippen LogP contribution in [0.25, 0.3) is 0 Å². The van der Waals surface area contributed by atoms with Crippen molar-refractivity contribution in [2.24, 2.45) is 0 Å². The molecule has 0 bridgehead atoms. The fourth-order valence-electron chi connectivity index (χ4n) is 2.98. The number of anilines is 1. The van der Waals surface area contributed by atoms with E-state index in [9.17, 15) is 0 Å². The van der Waals surface area contributed by atoms with E-state index in [1.807, 2.05) is 4.68 Å². The fourth-order valence-corrected chi connectivity index (χ4v) is 2.98. The molecular formula is C14H16N4. The van der Waals surface area contributed by atoms with Crippen molar-refractivity contribution >= 4 is 5.82 Å². The van der Waals surface area contributed by atoms with Gasteiger partial charge in [0.2, 0.25) is 0 Å². The topological polar surface area (TPSA) is 56.7 Å².